The first-order valence-electron chi connectivity index (χ1n) is 7.64. The molecular weight excluding hydrogens is 319 g/mol. The van der Waals surface area contributed by atoms with E-state index in [-0.39, 0.29) is 17.5 Å². The van der Waals surface area contributed by atoms with Gasteiger partial charge in [0, 0.05) is 17.4 Å². The molecule has 2 atom stereocenters. The van der Waals surface area contributed by atoms with Crippen LogP contribution in [0.1, 0.15) is 30.7 Å². The lowest BCUT2D eigenvalue weighted by molar-refractivity contribution is 0.0310. The van der Waals surface area contributed by atoms with E-state index in [0.29, 0.717) is 11.6 Å². The zero-order chi connectivity index (χ0) is 16.2. The van der Waals surface area contributed by atoms with Gasteiger partial charge in [0.2, 0.25) is 0 Å². The van der Waals surface area contributed by atoms with Crippen molar-refractivity contribution >= 4 is 10.8 Å². The van der Waals surface area contributed by atoms with Crippen molar-refractivity contribution in [2.75, 3.05) is 12.4 Å². The van der Waals surface area contributed by atoms with Gasteiger partial charge >= 0.3 is 0 Å². The summed E-state index contributed by atoms with van der Waals surface area (Å²) in [7, 11) is -1.15. The van der Waals surface area contributed by atoms with Crippen molar-refractivity contribution in [2.45, 2.75) is 38.0 Å². The first-order valence-corrected chi connectivity index (χ1v) is 9.12. The number of benzene rings is 1. The van der Waals surface area contributed by atoms with Gasteiger partial charge in [0.15, 0.2) is 5.82 Å². The number of rotatable bonds is 5. The van der Waals surface area contributed by atoms with E-state index < -0.39 is 16.6 Å². The summed E-state index contributed by atoms with van der Waals surface area (Å²) >= 11 is 0. The number of aromatic nitrogens is 4. The van der Waals surface area contributed by atoms with Crippen LogP contribution >= 0.6 is 0 Å². The molecule has 1 aliphatic rings. The summed E-state index contributed by atoms with van der Waals surface area (Å²) in [5.74, 6) is 0.623. The average molecular weight is 338 g/mol. The smallest absolute Gasteiger partial charge is 0.169 e. The number of hydrogen-bond donors (Lipinski definition) is 0. The highest BCUT2D eigenvalue weighted by atomic mass is 32.2. The highest BCUT2D eigenvalue weighted by molar-refractivity contribution is 7.84. The van der Waals surface area contributed by atoms with Crippen LogP contribution in [0.3, 0.4) is 0 Å². The fraction of sp³-hybridized carbons (Fsp3) is 0.533. The van der Waals surface area contributed by atoms with Crippen molar-refractivity contribution in [2.24, 2.45) is 0 Å². The quantitative estimate of drug-likeness (QED) is 0.833. The number of hydrogen-bond acceptors (Lipinski definition) is 5. The Morgan fingerprint density at radius 1 is 1.43 bits per heavy atom. The SMILES string of the molecule is Cc1ccc(F)c(-n2nnnc2C[S@](=O)C[C@H]2CCCCO2)c1. The summed E-state index contributed by atoms with van der Waals surface area (Å²) in [6.07, 6.45) is 3.13. The molecule has 1 aliphatic heterocycles. The molecule has 124 valence electrons. The molecule has 2 heterocycles. The third-order valence-electron chi connectivity index (χ3n) is 3.80. The molecule has 8 heteroatoms. The molecule has 3 rings (SSSR count). The summed E-state index contributed by atoms with van der Waals surface area (Å²) in [4.78, 5) is 0. The number of tetrazole rings is 1. The van der Waals surface area contributed by atoms with Crippen LogP contribution in [0, 0.1) is 12.7 Å². The molecule has 1 aromatic heterocycles. The fourth-order valence-corrected chi connectivity index (χ4v) is 3.88. The molecule has 0 spiro atoms. The first kappa shape index (κ1) is 16.2. The van der Waals surface area contributed by atoms with E-state index in [1.165, 1.54) is 10.7 Å². The highest BCUT2D eigenvalue weighted by Gasteiger charge is 2.20. The highest BCUT2D eigenvalue weighted by Crippen LogP contribution is 2.17. The second-order valence-corrected chi connectivity index (χ2v) is 7.20. The lowest BCUT2D eigenvalue weighted by atomic mass is 10.1. The van der Waals surface area contributed by atoms with Crippen LogP contribution < -0.4 is 0 Å². The molecule has 6 nitrogen and oxygen atoms in total. The number of aryl methyl sites for hydroxylation is 1. The van der Waals surface area contributed by atoms with Crippen molar-refractivity contribution < 1.29 is 13.3 Å². The number of halogens is 1. The summed E-state index contributed by atoms with van der Waals surface area (Å²) in [5.41, 5.74) is 1.18. The molecule has 0 radical (unpaired) electrons. The predicted octanol–water partition coefficient (Wildman–Crippen LogP) is 1.93. The molecule has 0 bridgehead atoms. The maximum Gasteiger partial charge on any atom is 0.169 e. The second-order valence-electron chi connectivity index (χ2n) is 5.70. The Hall–Kier alpha value is -1.67. The van der Waals surface area contributed by atoms with Crippen LogP contribution in [0.2, 0.25) is 0 Å². The monoisotopic (exact) mass is 338 g/mol. The fourth-order valence-electron chi connectivity index (χ4n) is 2.62. The molecule has 1 aromatic carbocycles. The van der Waals surface area contributed by atoms with Crippen molar-refractivity contribution in [1.82, 2.24) is 20.2 Å². The molecule has 0 aliphatic carbocycles. The van der Waals surface area contributed by atoms with Gasteiger partial charge in [0.1, 0.15) is 11.5 Å². The van der Waals surface area contributed by atoms with Crippen LogP contribution in [-0.4, -0.2) is 42.9 Å². The van der Waals surface area contributed by atoms with Crippen molar-refractivity contribution in [3.05, 3.63) is 35.4 Å². The molecule has 1 fully saturated rings. The molecule has 0 unspecified atom stereocenters. The lowest BCUT2D eigenvalue weighted by Crippen LogP contribution is -2.26. The van der Waals surface area contributed by atoms with E-state index in [0.717, 1.165) is 31.4 Å². The summed E-state index contributed by atoms with van der Waals surface area (Å²) in [6, 6.07) is 4.73. The zero-order valence-electron chi connectivity index (χ0n) is 12.9. The third-order valence-corrected chi connectivity index (χ3v) is 5.12. The van der Waals surface area contributed by atoms with Crippen LogP contribution in [-0.2, 0) is 21.3 Å². The van der Waals surface area contributed by atoms with Gasteiger partial charge in [-0.3, -0.25) is 4.21 Å². The van der Waals surface area contributed by atoms with Crippen LogP contribution in [0.5, 0.6) is 0 Å². The molecular formula is C15H19FN4O2S. The van der Waals surface area contributed by atoms with Gasteiger partial charge in [-0.15, -0.1) is 5.10 Å². The normalized spacial score (nSPS) is 19.7. The van der Waals surface area contributed by atoms with E-state index in [9.17, 15) is 8.60 Å². The Morgan fingerprint density at radius 2 is 2.30 bits per heavy atom. The summed E-state index contributed by atoms with van der Waals surface area (Å²) in [5, 5.41) is 11.3. The Kier molecular flexibility index (Phi) is 5.12. The van der Waals surface area contributed by atoms with Crippen LogP contribution in [0.15, 0.2) is 18.2 Å². The molecule has 0 saturated carbocycles. The number of ether oxygens (including phenoxy) is 1. The van der Waals surface area contributed by atoms with Gasteiger partial charge in [-0.1, -0.05) is 6.07 Å². The van der Waals surface area contributed by atoms with E-state index in [4.69, 9.17) is 4.74 Å². The van der Waals surface area contributed by atoms with Gasteiger partial charge in [0.05, 0.1) is 17.6 Å². The third kappa shape index (κ3) is 4.00. The van der Waals surface area contributed by atoms with Gasteiger partial charge in [-0.25, -0.2) is 4.39 Å². The Labute approximate surface area is 136 Å². The van der Waals surface area contributed by atoms with Crippen molar-refractivity contribution in [3.8, 4) is 5.69 Å². The van der Waals surface area contributed by atoms with Gasteiger partial charge in [-0.05, 0) is 54.3 Å². The molecule has 0 N–H and O–H groups in total. The summed E-state index contributed by atoms with van der Waals surface area (Å²) in [6.45, 7) is 2.60. The topological polar surface area (TPSA) is 69.9 Å². The Balaban J connectivity index is 1.73. The minimum atomic E-state index is -1.15. The summed E-state index contributed by atoms with van der Waals surface area (Å²) < 4.78 is 33.3. The number of nitrogens with zero attached hydrogens (tertiary/aromatic N) is 4. The zero-order valence-corrected chi connectivity index (χ0v) is 13.8. The minimum absolute atomic E-state index is 0.0321. The van der Waals surface area contributed by atoms with E-state index in [2.05, 4.69) is 15.5 Å². The van der Waals surface area contributed by atoms with E-state index >= 15 is 0 Å². The largest absolute Gasteiger partial charge is 0.377 e. The molecule has 1 saturated heterocycles. The van der Waals surface area contributed by atoms with Gasteiger partial charge in [-0.2, -0.15) is 4.68 Å². The lowest BCUT2D eigenvalue weighted by Gasteiger charge is -2.21. The van der Waals surface area contributed by atoms with E-state index in [1.54, 1.807) is 12.1 Å². The Morgan fingerprint density at radius 3 is 3.09 bits per heavy atom. The standard InChI is InChI=1S/C15H19FN4O2S/c1-11-5-6-13(16)14(8-11)20-15(17-18-19-20)10-23(21)9-12-4-2-3-7-22-12/h5-6,8,12H,2-4,7,9-10H2,1H3/t12-,23-/m1/s1. The maximum absolute atomic E-state index is 14.0. The van der Waals surface area contributed by atoms with Gasteiger partial charge in [0.25, 0.3) is 0 Å². The average Bonchev–Trinajstić information content (AvgIpc) is 2.98. The molecule has 23 heavy (non-hydrogen) atoms. The maximum atomic E-state index is 14.0. The van der Waals surface area contributed by atoms with E-state index in [1.807, 2.05) is 6.92 Å². The Bertz CT molecular complexity index is 701. The second kappa shape index (κ2) is 7.27. The molecule has 0 amide bonds. The van der Waals surface area contributed by atoms with Crippen LogP contribution in [0.25, 0.3) is 5.69 Å². The molecule has 2 aromatic rings. The predicted molar refractivity (Wildman–Crippen MR) is 84.2 cm³/mol. The van der Waals surface area contributed by atoms with Crippen molar-refractivity contribution in [1.29, 1.82) is 0 Å². The van der Waals surface area contributed by atoms with Crippen LogP contribution in [0.4, 0.5) is 4.39 Å². The first-order chi connectivity index (χ1) is 11.1. The van der Waals surface area contributed by atoms with Gasteiger partial charge < -0.3 is 4.74 Å². The van der Waals surface area contributed by atoms with Crippen molar-refractivity contribution in [3.63, 3.8) is 0 Å². The minimum Gasteiger partial charge on any atom is -0.377 e.